The molecule has 2 rings (SSSR count). The average molecular weight is 260 g/mol. The fraction of sp³-hybridized carbons (Fsp3) is 0.286. The summed E-state index contributed by atoms with van der Waals surface area (Å²) in [6.07, 6.45) is 5.87. The van der Waals surface area contributed by atoms with E-state index in [0.717, 1.165) is 6.29 Å². The molecule has 5 nitrogen and oxygen atoms in total. The van der Waals surface area contributed by atoms with E-state index < -0.39 is 5.60 Å². The lowest BCUT2D eigenvalue weighted by Gasteiger charge is -2.23. The zero-order valence-corrected chi connectivity index (χ0v) is 10.7. The summed E-state index contributed by atoms with van der Waals surface area (Å²) in [6.45, 7) is 2.26. The van der Waals surface area contributed by atoms with E-state index in [1.165, 1.54) is 0 Å². The van der Waals surface area contributed by atoms with Crippen molar-refractivity contribution >= 4 is 6.29 Å². The second-order valence-electron chi connectivity index (χ2n) is 4.71. The highest BCUT2D eigenvalue weighted by Crippen LogP contribution is 2.15. The molecule has 1 N–H and O–H groups in total. The molecule has 0 saturated heterocycles. The molecule has 100 valence electrons. The lowest BCUT2D eigenvalue weighted by molar-refractivity contribution is -0.00288. The second kappa shape index (κ2) is 5.67. The summed E-state index contributed by atoms with van der Waals surface area (Å²) < 4.78 is 7.31. The van der Waals surface area contributed by atoms with Crippen LogP contribution in [0.15, 0.2) is 43.0 Å². The summed E-state index contributed by atoms with van der Waals surface area (Å²) in [5.41, 5.74) is -0.401. The maximum Gasteiger partial charge on any atom is 0.150 e. The highest BCUT2D eigenvalue weighted by molar-refractivity contribution is 5.74. The van der Waals surface area contributed by atoms with Gasteiger partial charge in [0.1, 0.15) is 24.2 Å². The van der Waals surface area contributed by atoms with Crippen LogP contribution in [0.25, 0.3) is 0 Å². The Morgan fingerprint density at radius 1 is 1.42 bits per heavy atom. The number of ether oxygens (including phenoxy) is 1. The molecule has 0 spiro atoms. The molecule has 0 saturated carbocycles. The van der Waals surface area contributed by atoms with Gasteiger partial charge >= 0.3 is 0 Å². The predicted molar refractivity (Wildman–Crippen MR) is 70.2 cm³/mol. The number of aromatic nitrogens is 2. The molecule has 0 amide bonds. The second-order valence-corrected chi connectivity index (χ2v) is 4.71. The molecule has 1 heterocycles. The molecule has 0 fully saturated rings. The molecule has 19 heavy (non-hydrogen) atoms. The maximum absolute atomic E-state index is 10.5. The topological polar surface area (TPSA) is 64.3 Å². The summed E-state index contributed by atoms with van der Waals surface area (Å²) in [5, 5.41) is 10.2. The lowest BCUT2D eigenvalue weighted by atomic mass is 10.1. The van der Waals surface area contributed by atoms with Crippen LogP contribution in [0.3, 0.4) is 0 Å². The zero-order chi connectivity index (χ0) is 13.7. The maximum atomic E-state index is 10.5. The van der Waals surface area contributed by atoms with Crippen LogP contribution in [0.4, 0.5) is 0 Å². The van der Waals surface area contributed by atoms with Crippen LogP contribution in [0.5, 0.6) is 5.75 Å². The van der Waals surface area contributed by atoms with Gasteiger partial charge in [-0.15, -0.1) is 0 Å². The van der Waals surface area contributed by atoms with Gasteiger partial charge in [-0.1, -0.05) is 0 Å². The molecular weight excluding hydrogens is 244 g/mol. The zero-order valence-electron chi connectivity index (χ0n) is 10.7. The van der Waals surface area contributed by atoms with Crippen molar-refractivity contribution in [1.82, 2.24) is 9.55 Å². The Hall–Kier alpha value is -2.14. The Morgan fingerprint density at radius 2 is 2.16 bits per heavy atom. The van der Waals surface area contributed by atoms with Crippen molar-refractivity contribution < 1.29 is 14.6 Å². The quantitative estimate of drug-likeness (QED) is 0.800. The summed E-state index contributed by atoms with van der Waals surface area (Å²) in [4.78, 5) is 14.4. The summed E-state index contributed by atoms with van der Waals surface area (Å²) >= 11 is 0. The van der Waals surface area contributed by atoms with Crippen LogP contribution in [0.1, 0.15) is 17.3 Å². The van der Waals surface area contributed by atoms with Gasteiger partial charge in [-0.25, -0.2) is 4.98 Å². The van der Waals surface area contributed by atoms with Crippen LogP contribution in [0, 0.1) is 0 Å². The van der Waals surface area contributed by atoms with Gasteiger partial charge in [0.25, 0.3) is 0 Å². The van der Waals surface area contributed by atoms with E-state index in [1.807, 2.05) is 0 Å². The van der Waals surface area contributed by atoms with Gasteiger partial charge in [-0.05, 0) is 31.2 Å². The number of carbonyl (C=O) groups is 1. The first kappa shape index (κ1) is 13.3. The number of carbonyl (C=O) groups excluding carboxylic acids is 1. The van der Waals surface area contributed by atoms with E-state index in [9.17, 15) is 9.90 Å². The van der Waals surface area contributed by atoms with Crippen LogP contribution in [0.2, 0.25) is 0 Å². The number of aliphatic hydroxyl groups is 1. The molecule has 0 aliphatic carbocycles. The van der Waals surface area contributed by atoms with Crippen molar-refractivity contribution in [2.45, 2.75) is 19.1 Å². The van der Waals surface area contributed by atoms with Crippen molar-refractivity contribution in [1.29, 1.82) is 0 Å². The molecule has 1 aromatic heterocycles. The van der Waals surface area contributed by atoms with Crippen LogP contribution >= 0.6 is 0 Å². The van der Waals surface area contributed by atoms with Crippen LogP contribution in [-0.2, 0) is 6.54 Å². The highest BCUT2D eigenvalue weighted by Gasteiger charge is 2.22. The minimum absolute atomic E-state index is 0.158. The standard InChI is InChI=1S/C14H16N2O3/c1-14(18,9-16-7-6-15-11-16)10-19-13-4-2-12(8-17)3-5-13/h2-8,11,18H,9-10H2,1H3. The van der Waals surface area contributed by atoms with E-state index in [-0.39, 0.29) is 6.61 Å². The molecule has 0 aliphatic heterocycles. The Kier molecular flexibility index (Phi) is 3.97. The lowest BCUT2D eigenvalue weighted by Crippen LogP contribution is -2.36. The molecule has 0 aliphatic rings. The Morgan fingerprint density at radius 3 is 2.74 bits per heavy atom. The van der Waals surface area contributed by atoms with E-state index in [2.05, 4.69) is 4.98 Å². The Balaban J connectivity index is 1.91. The van der Waals surface area contributed by atoms with E-state index >= 15 is 0 Å². The largest absolute Gasteiger partial charge is 0.491 e. The molecule has 1 atom stereocenters. The Bertz CT molecular complexity index is 518. The van der Waals surface area contributed by atoms with Gasteiger partial charge in [0.15, 0.2) is 0 Å². The molecule has 1 unspecified atom stereocenters. The van der Waals surface area contributed by atoms with Gasteiger partial charge in [-0.3, -0.25) is 4.79 Å². The fourth-order valence-corrected chi connectivity index (χ4v) is 1.70. The van der Waals surface area contributed by atoms with E-state index in [4.69, 9.17) is 4.74 Å². The SMILES string of the molecule is CC(O)(COc1ccc(C=O)cc1)Cn1ccnc1. The molecular formula is C14H16N2O3. The molecule has 5 heteroatoms. The average Bonchev–Trinajstić information content (AvgIpc) is 2.89. The van der Waals surface area contributed by atoms with Crippen molar-refractivity contribution in [3.63, 3.8) is 0 Å². The van der Waals surface area contributed by atoms with Gasteiger partial charge in [0.05, 0.1) is 12.9 Å². The number of nitrogens with zero attached hydrogens (tertiary/aromatic N) is 2. The summed E-state index contributed by atoms with van der Waals surface area (Å²) in [5.74, 6) is 0.622. The van der Waals surface area contributed by atoms with Gasteiger partial charge in [0.2, 0.25) is 0 Å². The van der Waals surface area contributed by atoms with Crippen LogP contribution in [-0.4, -0.2) is 33.2 Å². The number of aldehydes is 1. The number of benzene rings is 1. The van der Waals surface area contributed by atoms with E-state index in [0.29, 0.717) is 17.9 Å². The van der Waals surface area contributed by atoms with Crippen LogP contribution < -0.4 is 4.74 Å². The van der Waals surface area contributed by atoms with Crippen molar-refractivity contribution in [2.24, 2.45) is 0 Å². The molecule has 2 aromatic rings. The number of hydrogen-bond acceptors (Lipinski definition) is 4. The highest BCUT2D eigenvalue weighted by atomic mass is 16.5. The van der Waals surface area contributed by atoms with Gasteiger partial charge in [-0.2, -0.15) is 0 Å². The van der Waals surface area contributed by atoms with Crippen molar-refractivity contribution in [2.75, 3.05) is 6.61 Å². The smallest absolute Gasteiger partial charge is 0.150 e. The summed E-state index contributed by atoms with van der Waals surface area (Å²) in [6, 6.07) is 6.76. The first-order valence-corrected chi connectivity index (χ1v) is 5.95. The fourth-order valence-electron chi connectivity index (χ4n) is 1.70. The number of hydrogen-bond donors (Lipinski definition) is 1. The minimum Gasteiger partial charge on any atom is -0.491 e. The molecule has 0 bridgehead atoms. The minimum atomic E-state index is -0.996. The van der Waals surface area contributed by atoms with Crippen molar-refractivity contribution in [3.05, 3.63) is 48.5 Å². The number of imidazole rings is 1. The first-order chi connectivity index (χ1) is 9.09. The number of rotatable bonds is 6. The van der Waals surface area contributed by atoms with Gasteiger partial charge < -0.3 is 14.4 Å². The third-order valence-electron chi connectivity index (χ3n) is 2.65. The summed E-state index contributed by atoms with van der Waals surface area (Å²) in [7, 11) is 0. The molecule has 1 aromatic carbocycles. The molecule has 0 radical (unpaired) electrons. The van der Waals surface area contributed by atoms with Gasteiger partial charge in [0, 0.05) is 18.0 Å². The Labute approximate surface area is 111 Å². The first-order valence-electron chi connectivity index (χ1n) is 5.95. The predicted octanol–water partition coefficient (Wildman–Crippen LogP) is 1.53. The van der Waals surface area contributed by atoms with Crippen molar-refractivity contribution in [3.8, 4) is 5.75 Å². The third-order valence-corrected chi connectivity index (χ3v) is 2.65. The van der Waals surface area contributed by atoms with E-state index in [1.54, 1.807) is 54.5 Å². The monoisotopic (exact) mass is 260 g/mol. The normalized spacial score (nSPS) is 13.8. The third kappa shape index (κ3) is 3.93.